The number of ether oxygens (including phenoxy) is 1. The summed E-state index contributed by atoms with van der Waals surface area (Å²) in [6, 6.07) is 15.1. The zero-order valence-corrected chi connectivity index (χ0v) is 25.0. The van der Waals surface area contributed by atoms with Gasteiger partial charge < -0.3 is 19.6 Å². The number of fused-ring (bicyclic) bond motifs is 2. The van der Waals surface area contributed by atoms with Gasteiger partial charge in [-0.05, 0) is 86.6 Å². The topological polar surface area (TPSA) is 119 Å². The van der Waals surface area contributed by atoms with E-state index >= 15 is 0 Å². The average Bonchev–Trinajstić information content (AvgIpc) is 3.80. The molecule has 0 radical (unpaired) electrons. The zero-order chi connectivity index (χ0) is 30.5. The molecule has 0 aromatic heterocycles. The minimum Gasteiger partial charge on any atom is -0.445 e. The highest BCUT2D eigenvalue weighted by Crippen LogP contribution is 2.58. The van der Waals surface area contributed by atoms with Crippen LogP contribution in [0.1, 0.15) is 68.9 Å². The molecule has 5 aliphatic rings. The summed E-state index contributed by atoms with van der Waals surface area (Å²) >= 11 is 0. The minimum atomic E-state index is -0.732. The average molecular weight is 601 g/mol. The molecule has 4 aliphatic heterocycles. The van der Waals surface area contributed by atoms with Crippen LogP contribution in [-0.4, -0.2) is 71.6 Å². The number of benzene rings is 2. The molecule has 1 unspecified atom stereocenters. The van der Waals surface area contributed by atoms with E-state index in [4.69, 9.17) is 4.74 Å². The van der Waals surface area contributed by atoms with Gasteiger partial charge in [-0.15, -0.1) is 0 Å². The molecule has 4 amide bonds. The fourth-order valence-corrected chi connectivity index (χ4v) is 7.67. The molecule has 0 bridgehead atoms. The summed E-state index contributed by atoms with van der Waals surface area (Å²) in [7, 11) is 0. The quantitative estimate of drug-likeness (QED) is 0.486. The van der Waals surface area contributed by atoms with Crippen molar-refractivity contribution in [2.75, 3.05) is 36.0 Å². The Hall–Kier alpha value is -3.92. The van der Waals surface area contributed by atoms with Crippen LogP contribution in [0, 0.1) is 5.92 Å². The lowest BCUT2D eigenvalue weighted by Crippen LogP contribution is -2.54. The van der Waals surface area contributed by atoms with Gasteiger partial charge in [-0.1, -0.05) is 30.3 Å². The van der Waals surface area contributed by atoms with Crippen LogP contribution in [0.5, 0.6) is 0 Å². The Morgan fingerprint density at radius 1 is 0.932 bits per heavy atom. The summed E-state index contributed by atoms with van der Waals surface area (Å²) in [6.07, 6.45) is 5.62. The first-order chi connectivity index (χ1) is 21.2. The molecule has 2 N–H and O–H groups in total. The number of rotatable bonds is 6. The van der Waals surface area contributed by atoms with Crippen LogP contribution in [0.15, 0.2) is 48.5 Å². The number of amides is 4. The molecule has 2 aromatic rings. The predicted molar refractivity (Wildman–Crippen MR) is 163 cm³/mol. The van der Waals surface area contributed by atoms with Gasteiger partial charge in [0.05, 0.1) is 11.0 Å². The number of hydrogen-bond acceptors (Lipinski definition) is 7. The Labute approximate surface area is 257 Å². The largest absolute Gasteiger partial charge is 0.445 e. The number of hydrogen-bond donors (Lipinski definition) is 2. The molecule has 1 saturated carbocycles. The Kier molecular flexibility index (Phi) is 7.35. The number of carbonyl (C=O) groups is 4. The molecule has 4 heterocycles. The highest BCUT2D eigenvalue weighted by Gasteiger charge is 2.61. The summed E-state index contributed by atoms with van der Waals surface area (Å²) in [5, 5.41) is 13.9. The molecule has 10 heteroatoms. The number of nitrogens with one attached hydrogen (secondary N) is 1. The van der Waals surface area contributed by atoms with Gasteiger partial charge in [-0.2, -0.15) is 0 Å². The third kappa shape index (κ3) is 5.33. The first-order valence-corrected chi connectivity index (χ1v) is 16.0. The first-order valence-electron chi connectivity index (χ1n) is 16.0. The van der Waals surface area contributed by atoms with Gasteiger partial charge in [-0.25, -0.2) is 4.79 Å². The Morgan fingerprint density at radius 2 is 1.66 bits per heavy atom. The molecule has 1 atom stereocenters. The van der Waals surface area contributed by atoms with E-state index in [0.717, 1.165) is 67.7 Å². The lowest BCUT2D eigenvalue weighted by atomic mass is 9.79. The summed E-state index contributed by atoms with van der Waals surface area (Å²) in [5.41, 5.74) is 2.50. The highest BCUT2D eigenvalue weighted by atomic mass is 16.6. The molecule has 44 heavy (non-hydrogen) atoms. The Balaban J connectivity index is 0.934. The molecule has 4 fully saturated rings. The second-order valence-electron chi connectivity index (χ2n) is 13.3. The van der Waals surface area contributed by atoms with Crippen LogP contribution < -0.4 is 15.1 Å². The summed E-state index contributed by atoms with van der Waals surface area (Å²) in [6.45, 7) is 3.00. The van der Waals surface area contributed by atoms with Crippen molar-refractivity contribution in [2.45, 2.75) is 81.5 Å². The van der Waals surface area contributed by atoms with Crippen molar-refractivity contribution in [3.63, 3.8) is 0 Å². The van der Waals surface area contributed by atoms with Crippen LogP contribution in [0.25, 0.3) is 0 Å². The summed E-state index contributed by atoms with van der Waals surface area (Å²) < 4.78 is 5.50. The van der Waals surface area contributed by atoms with Crippen molar-refractivity contribution in [1.82, 2.24) is 10.2 Å². The summed E-state index contributed by atoms with van der Waals surface area (Å²) in [5.74, 6) is -0.345. The fourth-order valence-electron chi connectivity index (χ4n) is 7.67. The number of nitrogens with zero attached hydrogens (tertiary/aromatic N) is 3. The van der Waals surface area contributed by atoms with Crippen LogP contribution >= 0.6 is 0 Å². The van der Waals surface area contributed by atoms with Gasteiger partial charge in [0, 0.05) is 44.0 Å². The molecule has 3 saturated heterocycles. The molecular weight excluding hydrogens is 560 g/mol. The number of likely N-dealkylation sites (tertiary alicyclic amines) is 1. The molecule has 7 rings (SSSR count). The molecule has 2 aromatic carbocycles. The van der Waals surface area contributed by atoms with Gasteiger partial charge in [0.15, 0.2) is 0 Å². The molecule has 1 aliphatic carbocycles. The fraction of sp³-hybridized carbons (Fsp3) is 0.529. The van der Waals surface area contributed by atoms with Crippen molar-refractivity contribution in [3.8, 4) is 0 Å². The highest BCUT2D eigenvalue weighted by molar-refractivity contribution is 6.15. The van der Waals surface area contributed by atoms with Crippen LogP contribution in [0.4, 0.5) is 16.2 Å². The number of piperidine rings is 3. The molecule has 232 valence electrons. The van der Waals surface area contributed by atoms with Gasteiger partial charge in [0.1, 0.15) is 12.6 Å². The normalized spacial score (nSPS) is 24.3. The third-order valence-corrected chi connectivity index (χ3v) is 10.5. The second-order valence-corrected chi connectivity index (χ2v) is 13.3. The number of imide groups is 1. The lowest BCUT2D eigenvalue weighted by molar-refractivity contribution is -0.135. The molecular formula is C34H40N4O6. The minimum absolute atomic E-state index is 0.0253. The maximum atomic E-state index is 13.6. The lowest BCUT2D eigenvalue weighted by Gasteiger charge is -2.42. The summed E-state index contributed by atoms with van der Waals surface area (Å²) in [4.78, 5) is 56.2. The maximum absolute atomic E-state index is 13.6. The van der Waals surface area contributed by atoms with Crippen molar-refractivity contribution in [1.29, 1.82) is 0 Å². The number of carbonyl (C=O) groups excluding carboxylic acids is 4. The Morgan fingerprint density at radius 3 is 2.34 bits per heavy atom. The van der Waals surface area contributed by atoms with Crippen molar-refractivity contribution < 1.29 is 29.0 Å². The van der Waals surface area contributed by atoms with Crippen molar-refractivity contribution in [3.05, 3.63) is 59.7 Å². The zero-order valence-electron chi connectivity index (χ0n) is 25.0. The van der Waals surface area contributed by atoms with Gasteiger partial charge in [0.25, 0.3) is 0 Å². The number of aliphatic hydroxyl groups is 1. The van der Waals surface area contributed by atoms with E-state index in [1.54, 1.807) is 9.80 Å². The second kappa shape index (κ2) is 11.2. The van der Waals surface area contributed by atoms with Crippen LogP contribution in [-0.2, 0) is 31.1 Å². The predicted octanol–water partition coefficient (Wildman–Crippen LogP) is 3.64. The van der Waals surface area contributed by atoms with Crippen LogP contribution in [0.2, 0.25) is 0 Å². The van der Waals surface area contributed by atoms with E-state index in [1.165, 1.54) is 0 Å². The van der Waals surface area contributed by atoms with E-state index in [-0.39, 0.29) is 30.9 Å². The monoisotopic (exact) mass is 600 g/mol. The number of anilines is 2. The Bertz CT molecular complexity index is 1460. The van der Waals surface area contributed by atoms with Crippen LogP contribution in [0.3, 0.4) is 0 Å². The van der Waals surface area contributed by atoms with Crippen molar-refractivity contribution in [2.24, 2.45) is 5.92 Å². The standard InChI is InChI=1S/C34H40N4O6/c39-29-9-8-28(30(40)35-29)38-27-7-6-25(20-26(27)34(12-13-34)31(38)41)36-18-14-33(43,15-19-36)21-23-10-16-37(17-11-23)32(42)44-22-24-4-2-1-3-5-24/h1-7,20,23,28,43H,8-19,21-22H2,(H,35,39,40). The van der Waals surface area contributed by atoms with E-state index in [1.807, 2.05) is 42.5 Å². The molecule has 1 spiro atoms. The van der Waals surface area contributed by atoms with Crippen molar-refractivity contribution >= 4 is 35.2 Å². The van der Waals surface area contributed by atoms with Gasteiger partial charge >= 0.3 is 6.09 Å². The van der Waals surface area contributed by atoms with Gasteiger partial charge in [-0.3, -0.25) is 24.6 Å². The van der Waals surface area contributed by atoms with E-state index < -0.39 is 23.0 Å². The van der Waals surface area contributed by atoms with E-state index in [2.05, 4.69) is 16.3 Å². The first kappa shape index (κ1) is 28.8. The SMILES string of the molecule is O=C1CCC(N2C(=O)C3(CC3)c3cc(N4CCC(O)(CC5CCN(C(=O)OCc6ccccc6)CC5)CC4)ccc32)C(=O)N1. The van der Waals surface area contributed by atoms with E-state index in [9.17, 15) is 24.3 Å². The maximum Gasteiger partial charge on any atom is 0.410 e. The van der Waals surface area contributed by atoms with Gasteiger partial charge in [0.2, 0.25) is 17.7 Å². The third-order valence-electron chi connectivity index (χ3n) is 10.5. The smallest absolute Gasteiger partial charge is 0.410 e. The van der Waals surface area contributed by atoms with E-state index in [0.29, 0.717) is 38.3 Å². The molecule has 10 nitrogen and oxygen atoms in total.